The number of rotatable bonds is 3. The smallest absolute Gasteiger partial charge is 0.257 e. The van der Waals surface area contributed by atoms with Gasteiger partial charge in [-0.2, -0.15) is 4.31 Å². The molecule has 0 atom stereocenters. The van der Waals surface area contributed by atoms with E-state index in [9.17, 15) is 13.2 Å². The van der Waals surface area contributed by atoms with Crippen LogP contribution in [0.25, 0.3) is 0 Å². The molecule has 0 saturated carbocycles. The number of hydrogen-bond donors (Lipinski definition) is 0. The van der Waals surface area contributed by atoms with Gasteiger partial charge in [0.05, 0.1) is 16.7 Å². The Labute approximate surface area is 155 Å². The fraction of sp³-hybridized carbons (Fsp3) is 0.353. The Morgan fingerprint density at radius 3 is 2.36 bits per heavy atom. The average Bonchev–Trinajstić information content (AvgIpc) is 3.02. The third-order valence-corrected chi connectivity index (χ3v) is 7.17. The molecule has 0 unspecified atom stereocenters. The lowest BCUT2D eigenvalue weighted by molar-refractivity contribution is 0.0696. The number of carbonyl (C=O) groups is 1. The van der Waals surface area contributed by atoms with Gasteiger partial charge in [-0.05, 0) is 43.7 Å². The van der Waals surface area contributed by atoms with E-state index in [1.54, 1.807) is 36.1 Å². The summed E-state index contributed by atoms with van der Waals surface area (Å²) in [7, 11) is -3.56. The molecule has 25 heavy (non-hydrogen) atoms. The van der Waals surface area contributed by atoms with Gasteiger partial charge >= 0.3 is 0 Å². The molecule has 1 aromatic carbocycles. The van der Waals surface area contributed by atoms with E-state index in [1.165, 1.54) is 10.6 Å². The van der Waals surface area contributed by atoms with Gasteiger partial charge in [0.2, 0.25) is 10.0 Å². The van der Waals surface area contributed by atoms with E-state index in [-0.39, 0.29) is 23.9 Å². The fourth-order valence-corrected chi connectivity index (χ4v) is 4.59. The van der Waals surface area contributed by atoms with E-state index in [1.807, 2.05) is 6.92 Å². The number of amides is 1. The van der Waals surface area contributed by atoms with Crippen molar-refractivity contribution in [3.8, 4) is 0 Å². The van der Waals surface area contributed by atoms with Crippen LogP contribution in [0.5, 0.6) is 0 Å². The predicted molar refractivity (Wildman–Crippen MR) is 97.0 cm³/mol. The van der Waals surface area contributed by atoms with Crippen LogP contribution in [-0.2, 0) is 10.0 Å². The minimum absolute atomic E-state index is 0.122. The Hall–Kier alpha value is -1.64. The summed E-state index contributed by atoms with van der Waals surface area (Å²) in [5.41, 5.74) is 1.39. The molecule has 0 spiro atoms. The lowest BCUT2D eigenvalue weighted by Crippen LogP contribution is -2.50. The second kappa shape index (κ2) is 6.93. The first-order chi connectivity index (χ1) is 11.8. The molecule has 1 fully saturated rings. The molecule has 1 aromatic heterocycles. The van der Waals surface area contributed by atoms with Crippen LogP contribution in [0.1, 0.15) is 21.7 Å². The largest absolute Gasteiger partial charge is 0.469 e. The number of piperazine rings is 1. The van der Waals surface area contributed by atoms with Crippen LogP contribution in [0.4, 0.5) is 0 Å². The van der Waals surface area contributed by atoms with Crippen LogP contribution in [0.2, 0.25) is 0 Å². The zero-order valence-electron chi connectivity index (χ0n) is 14.0. The first-order valence-corrected chi connectivity index (χ1v) is 10.1. The number of carbonyl (C=O) groups excluding carboxylic acids is 1. The minimum atomic E-state index is -3.56. The molecule has 6 nitrogen and oxygen atoms in total. The molecule has 1 aliphatic rings. The van der Waals surface area contributed by atoms with Crippen molar-refractivity contribution >= 4 is 31.9 Å². The first-order valence-electron chi connectivity index (χ1n) is 7.90. The van der Waals surface area contributed by atoms with Crippen molar-refractivity contribution < 1.29 is 17.6 Å². The van der Waals surface area contributed by atoms with Crippen LogP contribution >= 0.6 is 15.9 Å². The molecule has 1 aliphatic heterocycles. The van der Waals surface area contributed by atoms with E-state index < -0.39 is 10.0 Å². The van der Waals surface area contributed by atoms with Gasteiger partial charge in [0.15, 0.2) is 0 Å². The van der Waals surface area contributed by atoms with E-state index in [2.05, 4.69) is 15.9 Å². The summed E-state index contributed by atoms with van der Waals surface area (Å²) in [6.07, 6.45) is 1.49. The molecule has 0 bridgehead atoms. The zero-order chi connectivity index (χ0) is 18.2. The predicted octanol–water partition coefficient (Wildman–Crippen LogP) is 2.81. The highest BCUT2D eigenvalue weighted by molar-refractivity contribution is 9.10. The number of furan rings is 1. The Morgan fingerprint density at radius 2 is 1.80 bits per heavy atom. The number of sulfonamides is 1. The van der Waals surface area contributed by atoms with E-state index in [0.29, 0.717) is 24.4 Å². The molecule has 2 heterocycles. The summed E-state index contributed by atoms with van der Waals surface area (Å²) in [4.78, 5) is 14.4. The van der Waals surface area contributed by atoms with Crippen LogP contribution in [0.3, 0.4) is 0 Å². The van der Waals surface area contributed by atoms with Crippen LogP contribution in [0, 0.1) is 13.8 Å². The standard InChI is InChI=1S/C17H19BrN2O4S/c1-12-11-14(3-4-16(12)18)25(22,23)20-8-6-19(7-9-20)17(21)15-5-10-24-13(15)2/h3-5,10-11H,6-9H2,1-2H3. The van der Waals surface area contributed by atoms with Crippen molar-refractivity contribution in [3.63, 3.8) is 0 Å². The first kappa shape index (κ1) is 18.2. The van der Waals surface area contributed by atoms with Gasteiger partial charge in [0, 0.05) is 30.7 Å². The molecule has 0 radical (unpaired) electrons. The van der Waals surface area contributed by atoms with Crippen LogP contribution in [0.15, 0.2) is 44.3 Å². The minimum Gasteiger partial charge on any atom is -0.469 e. The van der Waals surface area contributed by atoms with E-state index in [4.69, 9.17) is 4.42 Å². The maximum atomic E-state index is 12.8. The number of hydrogen-bond acceptors (Lipinski definition) is 4. The molecule has 1 saturated heterocycles. The second-order valence-electron chi connectivity index (χ2n) is 6.00. The lowest BCUT2D eigenvalue weighted by Gasteiger charge is -2.34. The third kappa shape index (κ3) is 3.51. The highest BCUT2D eigenvalue weighted by atomic mass is 79.9. The molecule has 0 N–H and O–H groups in total. The summed E-state index contributed by atoms with van der Waals surface area (Å²) >= 11 is 3.38. The van der Waals surface area contributed by atoms with Crippen molar-refractivity contribution in [3.05, 3.63) is 51.9 Å². The van der Waals surface area contributed by atoms with Gasteiger partial charge in [-0.15, -0.1) is 0 Å². The Bertz CT molecular complexity index is 899. The van der Waals surface area contributed by atoms with Crippen molar-refractivity contribution in [1.29, 1.82) is 0 Å². The highest BCUT2D eigenvalue weighted by Gasteiger charge is 2.31. The molecule has 1 amide bonds. The van der Waals surface area contributed by atoms with Crippen molar-refractivity contribution in [1.82, 2.24) is 9.21 Å². The molecule has 3 rings (SSSR count). The van der Waals surface area contributed by atoms with E-state index >= 15 is 0 Å². The fourth-order valence-electron chi connectivity index (χ4n) is 2.84. The van der Waals surface area contributed by atoms with Gasteiger partial charge in [-0.3, -0.25) is 4.79 Å². The molecular formula is C17H19BrN2O4S. The molecule has 2 aromatic rings. The maximum Gasteiger partial charge on any atom is 0.257 e. The summed E-state index contributed by atoms with van der Waals surface area (Å²) in [5.74, 6) is 0.452. The Kier molecular flexibility index (Phi) is 5.04. The van der Waals surface area contributed by atoms with Crippen molar-refractivity contribution in [2.45, 2.75) is 18.7 Å². The van der Waals surface area contributed by atoms with Gasteiger partial charge in [0.1, 0.15) is 5.76 Å². The van der Waals surface area contributed by atoms with Gasteiger partial charge in [-0.1, -0.05) is 15.9 Å². The van der Waals surface area contributed by atoms with Gasteiger partial charge < -0.3 is 9.32 Å². The topological polar surface area (TPSA) is 70.8 Å². The Morgan fingerprint density at radius 1 is 1.12 bits per heavy atom. The molecular weight excluding hydrogens is 408 g/mol. The lowest BCUT2D eigenvalue weighted by atomic mass is 10.2. The number of aryl methyl sites for hydroxylation is 2. The molecule has 134 valence electrons. The van der Waals surface area contributed by atoms with Crippen molar-refractivity contribution in [2.24, 2.45) is 0 Å². The van der Waals surface area contributed by atoms with E-state index in [0.717, 1.165) is 10.0 Å². The number of benzene rings is 1. The zero-order valence-corrected chi connectivity index (χ0v) is 16.4. The summed E-state index contributed by atoms with van der Waals surface area (Å²) in [5, 5.41) is 0. The quantitative estimate of drug-likeness (QED) is 0.756. The molecule has 0 aliphatic carbocycles. The van der Waals surface area contributed by atoms with Crippen molar-refractivity contribution in [2.75, 3.05) is 26.2 Å². The number of nitrogens with zero attached hydrogens (tertiary/aromatic N) is 2. The van der Waals surface area contributed by atoms with Gasteiger partial charge in [-0.25, -0.2) is 8.42 Å². The highest BCUT2D eigenvalue weighted by Crippen LogP contribution is 2.24. The summed E-state index contributed by atoms with van der Waals surface area (Å²) in [6.45, 7) is 4.87. The number of halogens is 1. The summed E-state index contributed by atoms with van der Waals surface area (Å²) < 4.78 is 33.1. The SMILES string of the molecule is Cc1cc(S(=O)(=O)N2CCN(C(=O)c3ccoc3C)CC2)ccc1Br. The van der Waals surface area contributed by atoms with Gasteiger partial charge in [0.25, 0.3) is 5.91 Å². The second-order valence-corrected chi connectivity index (χ2v) is 8.79. The normalized spacial score (nSPS) is 16.2. The Balaban J connectivity index is 1.72. The third-order valence-electron chi connectivity index (χ3n) is 4.38. The van der Waals surface area contributed by atoms with Crippen LogP contribution in [-0.4, -0.2) is 49.7 Å². The monoisotopic (exact) mass is 426 g/mol. The average molecular weight is 427 g/mol. The van der Waals surface area contributed by atoms with Crippen LogP contribution < -0.4 is 0 Å². The molecule has 8 heteroatoms. The maximum absolute atomic E-state index is 12.8. The summed E-state index contributed by atoms with van der Waals surface area (Å²) in [6, 6.07) is 6.64.